The van der Waals surface area contributed by atoms with Gasteiger partial charge in [-0.15, -0.1) is 0 Å². The van der Waals surface area contributed by atoms with Crippen molar-refractivity contribution in [3.8, 4) is 0 Å². The van der Waals surface area contributed by atoms with Crippen LogP contribution in [0.3, 0.4) is 0 Å². The summed E-state index contributed by atoms with van der Waals surface area (Å²) in [6.45, 7) is 11.6. The number of thioether (sulfide) groups is 1. The Balaban J connectivity index is 1.79. The number of amidine groups is 1. The normalized spacial score (nSPS) is 32.5. The Morgan fingerprint density at radius 2 is 2.11 bits per heavy atom. The van der Waals surface area contributed by atoms with Gasteiger partial charge in [-0.3, -0.25) is 4.99 Å². The Hall–Kier alpha value is -0.220. The van der Waals surface area contributed by atoms with Gasteiger partial charge in [-0.05, 0) is 58.2 Å². The van der Waals surface area contributed by atoms with E-state index < -0.39 is 0 Å². The van der Waals surface area contributed by atoms with E-state index in [1.54, 1.807) is 0 Å². The lowest BCUT2D eigenvalue weighted by Crippen LogP contribution is -2.48. The van der Waals surface area contributed by atoms with Crippen molar-refractivity contribution in [2.75, 3.05) is 31.9 Å². The first-order chi connectivity index (χ1) is 9.15. The molecule has 0 aromatic rings. The van der Waals surface area contributed by atoms with Crippen molar-refractivity contribution in [2.24, 2.45) is 10.9 Å². The zero-order valence-corrected chi connectivity index (χ0v) is 13.6. The predicted molar refractivity (Wildman–Crippen MR) is 86.0 cm³/mol. The van der Waals surface area contributed by atoms with Crippen LogP contribution < -0.4 is 5.32 Å². The molecule has 110 valence electrons. The predicted octanol–water partition coefficient (Wildman–Crippen LogP) is 2.97. The van der Waals surface area contributed by atoms with Crippen LogP contribution in [-0.2, 0) is 0 Å². The average Bonchev–Trinajstić information content (AvgIpc) is 2.46. The highest BCUT2D eigenvalue weighted by Gasteiger charge is 2.27. The molecular weight excluding hydrogens is 254 g/mol. The fourth-order valence-corrected chi connectivity index (χ4v) is 4.01. The third kappa shape index (κ3) is 4.38. The van der Waals surface area contributed by atoms with Crippen LogP contribution in [0.25, 0.3) is 0 Å². The quantitative estimate of drug-likeness (QED) is 0.859. The van der Waals surface area contributed by atoms with Crippen LogP contribution in [0.2, 0.25) is 0 Å². The Morgan fingerprint density at radius 1 is 1.37 bits per heavy atom. The zero-order valence-electron chi connectivity index (χ0n) is 12.7. The van der Waals surface area contributed by atoms with E-state index in [2.05, 4.69) is 31.0 Å². The van der Waals surface area contributed by atoms with Crippen molar-refractivity contribution < 1.29 is 0 Å². The number of rotatable bonds is 4. The minimum atomic E-state index is 0.273. The monoisotopic (exact) mass is 283 g/mol. The van der Waals surface area contributed by atoms with Gasteiger partial charge in [0.05, 0.1) is 0 Å². The molecule has 0 bridgehead atoms. The van der Waals surface area contributed by atoms with Crippen molar-refractivity contribution in [2.45, 2.75) is 52.0 Å². The molecule has 0 radical (unpaired) electrons. The minimum Gasteiger partial charge on any atom is -0.360 e. The molecule has 1 N–H and O–H groups in total. The maximum Gasteiger partial charge on any atom is 0.156 e. The highest BCUT2D eigenvalue weighted by molar-refractivity contribution is 8.13. The number of nitrogens with zero attached hydrogens (tertiary/aromatic N) is 2. The zero-order chi connectivity index (χ0) is 13.7. The summed E-state index contributed by atoms with van der Waals surface area (Å²) in [5, 5.41) is 4.83. The van der Waals surface area contributed by atoms with Crippen molar-refractivity contribution in [3.05, 3.63) is 0 Å². The van der Waals surface area contributed by atoms with Crippen LogP contribution in [0.4, 0.5) is 0 Å². The molecule has 0 spiro atoms. The smallest absolute Gasteiger partial charge is 0.156 e. The maximum absolute atomic E-state index is 4.85. The van der Waals surface area contributed by atoms with Crippen molar-refractivity contribution in [1.82, 2.24) is 10.2 Å². The third-order valence-corrected chi connectivity index (χ3v) is 5.64. The van der Waals surface area contributed by atoms with E-state index in [9.17, 15) is 0 Å². The number of hydrogen-bond donors (Lipinski definition) is 1. The standard InChI is InChI=1S/C15H29N3S/c1-4-15(3)8-11-19-14(17-15)16-12-13-6-9-18(5-2)10-7-13/h13H,4-12H2,1-3H3,(H,16,17). The second-order valence-corrected chi connectivity index (χ2v) is 7.24. The highest BCUT2D eigenvalue weighted by Crippen LogP contribution is 2.25. The molecule has 0 aromatic heterocycles. The summed E-state index contributed by atoms with van der Waals surface area (Å²) in [7, 11) is 0. The summed E-state index contributed by atoms with van der Waals surface area (Å²) >= 11 is 1.90. The molecule has 1 atom stereocenters. The van der Waals surface area contributed by atoms with Crippen molar-refractivity contribution in [3.63, 3.8) is 0 Å². The van der Waals surface area contributed by atoms with E-state index in [4.69, 9.17) is 4.99 Å². The maximum atomic E-state index is 4.85. The van der Waals surface area contributed by atoms with Gasteiger partial charge in [0.25, 0.3) is 0 Å². The summed E-state index contributed by atoms with van der Waals surface area (Å²) in [4.78, 5) is 7.40. The molecule has 0 saturated carbocycles. The van der Waals surface area contributed by atoms with Gasteiger partial charge in [-0.25, -0.2) is 0 Å². The van der Waals surface area contributed by atoms with Crippen LogP contribution in [0.15, 0.2) is 4.99 Å². The SMILES string of the molecule is CCN1CCC(CN=C2NC(C)(CC)CCS2)CC1. The highest BCUT2D eigenvalue weighted by atomic mass is 32.2. The molecule has 4 heteroatoms. The van der Waals surface area contributed by atoms with Gasteiger partial charge in [0.1, 0.15) is 0 Å². The van der Waals surface area contributed by atoms with Gasteiger partial charge in [-0.2, -0.15) is 0 Å². The summed E-state index contributed by atoms with van der Waals surface area (Å²) in [5.74, 6) is 2.01. The van der Waals surface area contributed by atoms with Gasteiger partial charge in [0.2, 0.25) is 0 Å². The molecule has 2 fully saturated rings. The largest absolute Gasteiger partial charge is 0.360 e. The number of aliphatic imine (C=N–C) groups is 1. The molecule has 0 amide bonds. The Bertz CT molecular complexity index is 311. The molecular formula is C15H29N3S. The lowest BCUT2D eigenvalue weighted by atomic mass is 9.95. The molecule has 3 nitrogen and oxygen atoms in total. The van der Waals surface area contributed by atoms with Crippen molar-refractivity contribution in [1.29, 1.82) is 0 Å². The number of piperidine rings is 1. The van der Waals surface area contributed by atoms with Gasteiger partial charge in [0.15, 0.2) is 5.17 Å². The second-order valence-electron chi connectivity index (χ2n) is 6.16. The van der Waals surface area contributed by atoms with E-state index in [1.807, 2.05) is 11.8 Å². The van der Waals surface area contributed by atoms with Crippen LogP contribution in [0.5, 0.6) is 0 Å². The lowest BCUT2D eigenvalue weighted by molar-refractivity contribution is 0.196. The van der Waals surface area contributed by atoms with Gasteiger partial charge < -0.3 is 10.2 Å². The van der Waals surface area contributed by atoms with Crippen LogP contribution in [-0.4, -0.2) is 47.5 Å². The van der Waals surface area contributed by atoms with E-state index >= 15 is 0 Å². The van der Waals surface area contributed by atoms with E-state index in [1.165, 1.54) is 56.2 Å². The molecule has 19 heavy (non-hydrogen) atoms. The van der Waals surface area contributed by atoms with E-state index in [-0.39, 0.29) is 5.54 Å². The lowest BCUT2D eigenvalue weighted by Gasteiger charge is -2.35. The minimum absolute atomic E-state index is 0.273. The first kappa shape index (κ1) is 15.2. The first-order valence-corrected chi connectivity index (χ1v) is 8.81. The Kier molecular flexibility index (Phi) is 5.58. The van der Waals surface area contributed by atoms with Crippen LogP contribution in [0, 0.1) is 5.92 Å². The van der Waals surface area contributed by atoms with Gasteiger partial charge in [-0.1, -0.05) is 25.6 Å². The first-order valence-electron chi connectivity index (χ1n) is 7.83. The second kappa shape index (κ2) is 6.98. The van der Waals surface area contributed by atoms with Crippen molar-refractivity contribution >= 4 is 16.9 Å². The number of nitrogens with one attached hydrogen (secondary N) is 1. The summed E-state index contributed by atoms with van der Waals surface area (Å²) in [6.07, 6.45) is 5.07. The number of likely N-dealkylation sites (tertiary alicyclic amines) is 1. The van der Waals surface area contributed by atoms with E-state index in [0.29, 0.717) is 0 Å². The summed E-state index contributed by atoms with van der Waals surface area (Å²) < 4.78 is 0. The fourth-order valence-electron chi connectivity index (χ4n) is 2.78. The number of hydrogen-bond acceptors (Lipinski definition) is 3. The van der Waals surface area contributed by atoms with E-state index in [0.717, 1.165) is 12.5 Å². The average molecular weight is 283 g/mol. The molecule has 2 aliphatic heterocycles. The molecule has 0 aromatic carbocycles. The molecule has 2 aliphatic rings. The molecule has 1 unspecified atom stereocenters. The fraction of sp³-hybridized carbons (Fsp3) is 0.933. The Morgan fingerprint density at radius 3 is 2.74 bits per heavy atom. The summed E-state index contributed by atoms with van der Waals surface area (Å²) in [6, 6.07) is 0. The molecule has 2 saturated heterocycles. The van der Waals surface area contributed by atoms with Gasteiger partial charge in [0, 0.05) is 17.8 Å². The summed E-state index contributed by atoms with van der Waals surface area (Å²) in [5.41, 5.74) is 0.273. The molecule has 2 heterocycles. The Labute approximate surface area is 122 Å². The van der Waals surface area contributed by atoms with Crippen LogP contribution >= 0.6 is 11.8 Å². The molecule has 0 aliphatic carbocycles. The molecule has 2 rings (SSSR count). The van der Waals surface area contributed by atoms with Crippen LogP contribution in [0.1, 0.15) is 46.5 Å². The third-order valence-electron chi connectivity index (χ3n) is 4.73. The topological polar surface area (TPSA) is 27.6 Å². The van der Waals surface area contributed by atoms with Gasteiger partial charge >= 0.3 is 0 Å².